The molecule has 35 heavy (non-hydrogen) atoms. The molecule has 1 aliphatic rings. The zero-order valence-electron chi connectivity index (χ0n) is 19.8. The molecule has 7 nitrogen and oxygen atoms in total. The number of rotatable bonds is 2. The number of ketones is 2. The van der Waals surface area contributed by atoms with E-state index in [1.54, 1.807) is 52.0 Å². The van der Waals surface area contributed by atoms with Crippen molar-refractivity contribution in [3.63, 3.8) is 0 Å². The van der Waals surface area contributed by atoms with Crippen LogP contribution in [0.3, 0.4) is 0 Å². The van der Waals surface area contributed by atoms with E-state index in [4.69, 9.17) is 9.15 Å². The third-order valence-corrected chi connectivity index (χ3v) is 6.61. The number of Topliss-reactive ketones (excluding diaryl/α,β-unsaturated/α-hetero) is 2. The van der Waals surface area contributed by atoms with Crippen molar-refractivity contribution < 1.29 is 29.0 Å². The Kier molecular flexibility index (Phi) is 4.84. The van der Waals surface area contributed by atoms with Crippen molar-refractivity contribution in [2.24, 2.45) is 0 Å². The summed E-state index contributed by atoms with van der Waals surface area (Å²) >= 11 is 0. The number of aryl methyl sites for hydroxylation is 3. The van der Waals surface area contributed by atoms with Crippen LogP contribution in [0.1, 0.15) is 50.1 Å². The minimum absolute atomic E-state index is 0.0255. The molecule has 0 atom stereocenters. The highest BCUT2D eigenvalue weighted by molar-refractivity contribution is 6.42. The minimum Gasteiger partial charge on any atom is -0.507 e. The second kappa shape index (κ2) is 7.56. The molecule has 0 bridgehead atoms. The maximum Gasteiger partial charge on any atom is 0.347 e. The first kappa shape index (κ1) is 22.4. The summed E-state index contributed by atoms with van der Waals surface area (Å²) in [5, 5.41) is 23.2. The van der Waals surface area contributed by atoms with Gasteiger partial charge >= 0.3 is 5.63 Å². The van der Waals surface area contributed by atoms with Gasteiger partial charge in [0, 0.05) is 27.7 Å². The van der Waals surface area contributed by atoms with E-state index in [2.05, 4.69) is 0 Å². The van der Waals surface area contributed by atoms with E-state index >= 15 is 0 Å². The maximum atomic E-state index is 13.7. The van der Waals surface area contributed by atoms with Crippen LogP contribution in [0.5, 0.6) is 17.2 Å². The first-order valence-electron chi connectivity index (χ1n) is 11.0. The Morgan fingerprint density at radius 2 is 1.49 bits per heavy atom. The van der Waals surface area contributed by atoms with Gasteiger partial charge in [-0.3, -0.25) is 9.59 Å². The average Bonchev–Trinajstić information content (AvgIpc) is 2.77. The van der Waals surface area contributed by atoms with Crippen molar-refractivity contribution in [2.75, 3.05) is 7.11 Å². The van der Waals surface area contributed by atoms with Gasteiger partial charge in [-0.1, -0.05) is 0 Å². The van der Waals surface area contributed by atoms with Crippen LogP contribution in [0.25, 0.3) is 27.1 Å². The average molecular weight is 470 g/mol. The molecule has 1 heterocycles. The van der Waals surface area contributed by atoms with Gasteiger partial charge < -0.3 is 19.4 Å². The Morgan fingerprint density at radius 1 is 0.800 bits per heavy atom. The van der Waals surface area contributed by atoms with Crippen molar-refractivity contribution in [3.05, 3.63) is 79.9 Å². The van der Waals surface area contributed by atoms with Crippen molar-refractivity contribution in [1.29, 1.82) is 0 Å². The molecule has 0 fully saturated rings. The first-order chi connectivity index (χ1) is 16.5. The zero-order chi connectivity index (χ0) is 25.3. The number of phenols is 2. The number of fused-ring (bicyclic) bond motifs is 3. The summed E-state index contributed by atoms with van der Waals surface area (Å²) in [5.41, 5.74) is 1.09. The van der Waals surface area contributed by atoms with Gasteiger partial charge in [0.05, 0.1) is 12.7 Å². The van der Waals surface area contributed by atoms with Crippen LogP contribution in [0, 0.1) is 20.8 Å². The molecule has 1 aliphatic carbocycles. The van der Waals surface area contributed by atoms with Crippen molar-refractivity contribution in [1.82, 2.24) is 0 Å². The van der Waals surface area contributed by atoms with E-state index in [9.17, 15) is 24.6 Å². The van der Waals surface area contributed by atoms with E-state index in [-0.39, 0.29) is 44.9 Å². The fourth-order valence-electron chi connectivity index (χ4n) is 5.08. The standard InChI is InChI=1S/C28H22O7/c1-11-6-17-24(18(29)7-11)27(32)22(14(4)25(17)30)21-13(3)20-16(10-19(21)34-5)9-15-8-12(2)35-28(33)23(15)26(20)31/h6-10,29,31H,1-5H3. The van der Waals surface area contributed by atoms with Gasteiger partial charge in [-0.2, -0.15) is 0 Å². The van der Waals surface area contributed by atoms with Crippen molar-refractivity contribution >= 4 is 38.7 Å². The summed E-state index contributed by atoms with van der Waals surface area (Å²) in [7, 11) is 1.45. The van der Waals surface area contributed by atoms with Crippen molar-refractivity contribution in [3.8, 4) is 17.2 Å². The lowest BCUT2D eigenvalue weighted by Crippen LogP contribution is -2.21. The monoisotopic (exact) mass is 470 g/mol. The molecule has 7 heteroatoms. The summed E-state index contributed by atoms with van der Waals surface area (Å²) in [4.78, 5) is 39.5. The molecular weight excluding hydrogens is 448 g/mol. The maximum absolute atomic E-state index is 13.7. The van der Waals surface area contributed by atoms with E-state index in [0.29, 0.717) is 44.4 Å². The number of hydrogen-bond acceptors (Lipinski definition) is 7. The molecule has 0 aliphatic heterocycles. The summed E-state index contributed by atoms with van der Waals surface area (Å²) < 4.78 is 10.8. The Bertz CT molecular complexity index is 1740. The van der Waals surface area contributed by atoms with Crippen molar-refractivity contribution in [2.45, 2.75) is 27.7 Å². The predicted octanol–water partition coefficient (Wildman–Crippen LogP) is 5.14. The van der Waals surface area contributed by atoms with Crippen LogP contribution in [0.15, 0.2) is 45.1 Å². The molecule has 5 rings (SSSR count). The fourth-order valence-corrected chi connectivity index (χ4v) is 5.08. The molecule has 0 amide bonds. The number of phenolic OH excluding ortho intramolecular Hbond substituents is 2. The Morgan fingerprint density at radius 3 is 2.17 bits per heavy atom. The topological polar surface area (TPSA) is 114 Å². The summed E-state index contributed by atoms with van der Waals surface area (Å²) in [6.07, 6.45) is 0. The highest BCUT2D eigenvalue weighted by Crippen LogP contribution is 2.45. The Hall–Kier alpha value is -4.39. The van der Waals surface area contributed by atoms with Crippen LogP contribution in [0.2, 0.25) is 0 Å². The van der Waals surface area contributed by atoms with Gasteiger partial charge in [0.2, 0.25) is 0 Å². The molecule has 0 unspecified atom stereocenters. The van der Waals surface area contributed by atoms with Gasteiger partial charge in [-0.05, 0) is 79.9 Å². The highest BCUT2D eigenvalue weighted by atomic mass is 16.5. The number of carbonyl (C=O) groups excluding carboxylic acids is 2. The lowest BCUT2D eigenvalue weighted by Gasteiger charge is -2.24. The van der Waals surface area contributed by atoms with Gasteiger partial charge in [0.25, 0.3) is 0 Å². The number of methoxy groups -OCH3 is 1. The molecule has 0 saturated heterocycles. The molecule has 0 saturated carbocycles. The fraction of sp³-hybridized carbons (Fsp3) is 0.179. The lowest BCUT2D eigenvalue weighted by atomic mass is 9.78. The van der Waals surface area contributed by atoms with E-state index in [1.807, 2.05) is 0 Å². The summed E-state index contributed by atoms with van der Waals surface area (Å²) in [6.45, 7) is 6.61. The Balaban J connectivity index is 1.90. The third kappa shape index (κ3) is 3.08. The third-order valence-electron chi connectivity index (χ3n) is 6.61. The van der Waals surface area contributed by atoms with E-state index in [1.165, 1.54) is 13.2 Å². The Labute approximate surface area is 199 Å². The van der Waals surface area contributed by atoms with Crippen LogP contribution in [-0.2, 0) is 0 Å². The number of allylic oxidation sites excluding steroid dienone is 2. The molecular formula is C28H22O7. The summed E-state index contributed by atoms with van der Waals surface area (Å²) in [5.74, 6) is -0.733. The molecule has 1 aromatic heterocycles. The number of benzene rings is 3. The normalized spacial score (nSPS) is 13.6. The highest BCUT2D eigenvalue weighted by Gasteiger charge is 2.36. The number of aromatic hydroxyl groups is 2. The number of carbonyl (C=O) groups is 2. The van der Waals surface area contributed by atoms with Gasteiger partial charge in [0.15, 0.2) is 11.6 Å². The van der Waals surface area contributed by atoms with E-state index in [0.717, 1.165) is 0 Å². The second-order valence-electron chi connectivity index (χ2n) is 8.88. The van der Waals surface area contributed by atoms with Crippen LogP contribution in [-0.4, -0.2) is 28.9 Å². The van der Waals surface area contributed by atoms with Crippen LogP contribution >= 0.6 is 0 Å². The SMILES string of the molecule is COc1cc2cc3cc(C)oc(=O)c3c(O)c2c(C)c1C1=C(C)C(=O)c2cc(C)cc(O)c2C1=O. The molecule has 4 aromatic rings. The van der Waals surface area contributed by atoms with Gasteiger partial charge in [-0.15, -0.1) is 0 Å². The van der Waals surface area contributed by atoms with Gasteiger partial charge in [0.1, 0.15) is 28.4 Å². The predicted molar refractivity (Wildman–Crippen MR) is 132 cm³/mol. The van der Waals surface area contributed by atoms with Gasteiger partial charge in [-0.25, -0.2) is 4.79 Å². The second-order valence-corrected chi connectivity index (χ2v) is 8.88. The molecule has 3 aromatic carbocycles. The number of hydrogen-bond donors (Lipinski definition) is 2. The van der Waals surface area contributed by atoms with Crippen LogP contribution in [0.4, 0.5) is 0 Å². The lowest BCUT2D eigenvalue weighted by molar-refractivity contribution is 0.0989. The summed E-state index contributed by atoms with van der Waals surface area (Å²) in [6, 6.07) is 8.07. The molecule has 2 N–H and O–H groups in total. The first-order valence-corrected chi connectivity index (χ1v) is 11.0. The zero-order valence-corrected chi connectivity index (χ0v) is 19.8. The van der Waals surface area contributed by atoms with Crippen LogP contribution < -0.4 is 10.4 Å². The smallest absolute Gasteiger partial charge is 0.347 e. The molecule has 0 spiro atoms. The number of ether oxygens (including phenoxy) is 1. The largest absolute Gasteiger partial charge is 0.507 e. The molecule has 176 valence electrons. The van der Waals surface area contributed by atoms with E-state index < -0.39 is 11.4 Å². The molecule has 0 radical (unpaired) electrons. The minimum atomic E-state index is -0.676. The quantitative estimate of drug-likeness (QED) is 0.390.